The number of rotatable bonds is 3. The molecule has 0 aromatic carbocycles. The van der Waals surface area contributed by atoms with Gasteiger partial charge >= 0.3 is 0 Å². The SMILES string of the molecule is CC(O)CCc1ccco1. The molecule has 0 saturated heterocycles. The van der Waals surface area contributed by atoms with Crippen molar-refractivity contribution in [1.29, 1.82) is 0 Å². The summed E-state index contributed by atoms with van der Waals surface area (Å²) in [5.74, 6) is 0.945. The van der Waals surface area contributed by atoms with Gasteiger partial charge in [-0.15, -0.1) is 0 Å². The molecule has 56 valence electrons. The molecule has 0 radical (unpaired) electrons. The molecular formula is C8H12O2. The van der Waals surface area contributed by atoms with Crippen LogP contribution in [0.15, 0.2) is 22.8 Å². The molecule has 1 rings (SSSR count). The summed E-state index contributed by atoms with van der Waals surface area (Å²) in [7, 11) is 0. The zero-order chi connectivity index (χ0) is 7.40. The maximum atomic E-state index is 8.91. The van der Waals surface area contributed by atoms with E-state index in [1.807, 2.05) is 12.1 Å². The highest BCUT2D eigenvalue weighted by Crippen LogP contribution is 2.04. The number of furan rings is 1. The maximum Gasteiger partial charge on any atom is 0.103 e. The topological polar surface area (TPSA) is 33.4 Å². The van der Waals surface area contributed by atoms with E-state index in [0.29, 0.717) is 0 Å². The fraction of sp³-hybridized carbons (Fsp3) is 0.500. The van der Waals surface area contributed by atoms with Gasteiger partial charge in [-0.1, -0.05) is 0 Å². The average Bonchev–Trinajstić information content (AvgIpc) is 2.34. The monoisotopic (exact) mass is 140 g/mol. The second kappa shape index (κ2) is 3.42. The van der Waals surface area contributed by atoms with Gasteiger partial charge < -0.3 is 9.52 Å². The van der Waals surface area contributed by atoms with E-state index in [0.717, 1.165) is 18.6 Å². The van der Waals surface area contributed by atoms with E-state index < -0.39 is 0 Å². The van der Waals surface area contributed by atoms with Crippen LogP contribution in [0.4, 0.5) is 0 Å². The molecule has 0 aliphatic heterocycles. The van der Waals surface area contributed by atoms with Crippen LogP contribution < -0.4 is 0 Å². The van der Waals surface area contributed by atoms with Crippen molar-refractivity contribution in [2.75, 3.05) is 0 Å². The molecule has 2 heteroatoms. The molecule has 0 aliphatic rings. The van der Waals surface area contributed by atoms with E-state index in [9.17, 15) is 0 Å². The quantitative estimate of drug-likeness (QED) is 0.691. The van der Waals surface area contributed by atoms with Gasteiger partial charge in [0.25, 0.3) is 0 Å². The molecule has 1 unspecified atom stereocenters. The lowest BCUT2D eigenvalue weighted by atomic mass is 10.2. The van der Waals surface area contributed by atoms with Crippen molar-refractivity contribution in [2.24, 2.45) is 0 Å². The molecule has 0 aliphatic carbocycles. The Hall–Kier alpha value is -0.760. The summed E-state index contributed by atoms with van der Waals surface area (Å²) in [6, 6.07) is 3.78. The minimum Gasteiger partial charge on any atom is -0.469 e. The minimum atomic E-state index is -0.231. The van der Waals surface area contributed by atoms with Gasteiger partial charge in [-0.25, -0.2) is 0 Å². The van der Waals surface area contributed by atoms with Crippen LogP contribution in [0, 0.1) is 0 Å². The zero-order valence-electron chi connectivity index (χ0n) is 6.08. The van der Waals surface area contributed by atoms with Gasteiger partial charge in [-0.3, -0.25) is 0 Å². The third-order valence-corrected chi connectivity index (χ3v) is 1.39. The van der Waals surface area contributed by atoms with Crippen molar-refractivity contribution in [3.05, 3.63) is 24.2 Å². The van der Waals surface area contributed by atoms with E-state index in [2.05, 4.69) is 0 Å². The Morgan fingerprint density at radius 2 is 2.50 bits per heavy atom. The first kappa shape index (κ1) is 7.35. The summed E-state index contributed by atoms with van der Waals surface area (Å²) in [6.07, 6.45) is 3.01. The summed E-state index contributed by atoms with van der Waals surface area (Å²) in [5, 5.41) is 8.91. The first-order valence-electron chi connectivity index (χ1n) is 3.49. The first-order valence-corrected chi connectivity index (χ1v) is 3.49. The van der Waals surface area contributed by atoms with Gasteiger partial charge in [-0.2, -0.15) is 0 Å². The smallest absolute Gasteiger partial charge is 0.103 e. The number of hydrogen-bond donors (Lipinski definition) is 1. The normalized spacial score (nSPS) is 13.4. The molecule has 1 atom stereocenters. The van der Waals surface area contributed by atoms with Crippen molar-refractivity contribution in [3.63, 3.8) is 0 Å². The molecule has 1 heterocycles. The zero-order valence-corrected chi connectivity index (χ0v) is 6.08. The summed E-state index contributed by atoms with van der Waals surface area (Å²) in [5.41, 5.74) is 0. The molecule has 1 aromatic heterocycles. The van der Waals surface area contributed by atoms with Gasteiger partial charge in [-0.05, 0) is 25.5 Å². The van der Waals surface area contributed by atoms with Crippen LogP contribution in [-0.2, 0) is 6.42 Å². The summed E-state index contributed by atoms with van der Waals surface area (Å²) in [6.45, 7) is 1.78. The fourth-order valence-electron chi connectivity index (χ4n) is 0.806. The van der Waals surface area contributed by atoms with E-state index in [1.165, 1.54) is 0 Å². The number of hydrogen-bond acceptors (Lipinski definition) is 2. The lowest BCUT2D eigenvalue weighted by Gasteiger charge is -1.99. The van der Waals surface area contributed by atoms with Crippen LogP contribution in [0.25, 0.3) is 0 Å². The third-order valence-electron chi connectivity index (χ3n) is 1.39. The lowest BCUT2D eigenvalue weighted by molar-refractivity contribution is 0.182. The maximum absolute atomic E-state index is 8.91. The number of aliphatic hydroxyl groups is 1. The van der Waals surface area contributed by atoms with E-state index in [4.69, 9.17) is 9.52 Å². The Morgan fingerprint density at radius 3 is 3.00 bits per heavy atom. The second-order valence-electron chi connectivity index (χ2n) is 2.47. The van der Waals surface area contributed by atoms with E-state index in [1.54, 1.807) is 13.2 Å². The molecule has 0 amide bonds. The predicted molar refractivity (Wildman–Crippen MR) is 38.7 cm³/mol. The molecule has 0 spiro atoms. The summed E-state index contributed by atoms with van der Waals surface area (Å²) in [4.78, 5) is 0. The number of aryl methyl sites for hydroxylation is 1. The van der Waals surface area contributed by atoms with E-state index >= 15 is 0 Å². The standard InChI is InChI=1S/C8H12O2/c1-7(9)4-5-8-3-2-6-10-8/h2-3,6-7,9H,4-5H2,1H3. The Bertz CT molecular complexity index is 165. The van der Waals surface area contributed by atoms with Gasteiger partial charge in [0.05, 0.1) is 12.4 Å². The molecule has 1 N–H and O–H groups in total. The van der Waals surface area contributed by atoms with Gasteiger partial charge in [0, 0.05) is 6.42 Å². The Morgan fingerprint density at radius 1 is 1.70 bits per heavy atom. The highest BCUT2D eigenvalue weighted by atomic mass is 16.3. The second-order valence-corrected chi connectivity index (χ2v) is 2.47. The van der Waals surface area contributed by atoms with Crippen molar-refractivity contribution in [1.82, 2.24) is 0 Å². The highest BCUT2D eigenvalue weighted by molar-refractivity contribution is 4.97. The van der Waals surface area contributed by atoms with Crippen LogP contribution in [0.2, 0.25) is 0 Å². The highest BCUT2D eigenvalue weighted by Gasteiger charge is 1.98. The van der Waals surface area contributed by atoms with Crippen molar-refractivity contribution < 1.29 is 9.52 Å². The summed E-state index contributed by atoms with van der Waals surface area (Å²) >= 11 is 0. The predicted octanol–water partition coefficient (Wildman–Crippen LogP) is 1.59. The van der Waals surface area contributed by atoms with Crippen molar-refractivity contribution in [3.8, 4) is 0 Å². The molecule has 0 bridgehead atoms. The Labute approximate surface area is 60.5 Å². The summed E-state index contributed by atoms with van der Waals surface area (Å²) < 4.78 is 5.07. The van der Waals surface area contributed by atoms with Crippen LogP contribution in [-0.4, -0.2) is 11.2 Å². The van der Waals surface area contributed by atoms with Crippen LogP contribution >= 0.6 is 0 Å². The molecule has 0 saturated carbocycles. The van der Waals surface area contributed by atoms with Crippen molar-refractivity contribution in [2.45, 2.75) is 25.9 Å². The molecular weight excluding hydrogens is 128 g/mol. The third kappa shape index (κ3) is 2.23. The molecule has 10 heavy (non-hydrogen) atoms. The Balaban J connectivity index is 2.28. The lowest BCUT2D eigenvalue weighted by Crippen LogP contribution is -2.00. The van der Waals surface area contributed by atoms with E-state index in [-0.39, 0.29) is 6.10 Å². The van der Waals surface area contributed by atoms with Crippen LogP contribution in [0.5, 0.6) is 0 Å². The molecule has 2 nitrogen and oxygen atoms in total. The number of aliphatic hydroxyl groups excluding tert-OH is 1. The average molecular weight is 140 g/mol. The van der Waals surface area contributed by atoms with Gasteiger partial charge in [0.2, 0.25) is 0 Å². The Kier molecular flexibility index (Phi) is 2.51. The van der Waals surface area contributed by atoms with Gasteiger partial charge in [0.15, 0.2) is 0 Å². The minimum absolute atomic E-state index is 0.231. The largest absolute Gasteiger partial charge is 0.469 e. The van der Waals surface area contributed by atoms with Crippen LogP contribution in [0.3, 0.4) is 0 Å². The first-order chi connectivity index (χ1) is 4.79. The fourth-order valence-corrected chi connectivity index (χ4v) is 0.806. The molecule has 1 aromatic rings. The van der Waals surface area contributed by atoms with Gasteiger partial charge in [0.1, 0.15) is 5.76 Å². The van der Waals surface area contributed by atoms with Crippen molar-refractivity contribution >= 4 is 0 Å². The molecule has 0 fully saturated rings. The van der Waals surface area contributed by atoms with Crippen LogP contribution in [0.1, 0.15) is 19.1 Å².